The van der Waals surface area contributed by atoms with Gasteiger partial charge >= 0.3 is 0 Å². The molecule has 1 atom stereocenters. The van der Waals surface area contributed by atoms with Crippen LogP contribution in [0.15, 0.2) is 24.5 Å². The van der Waals surface area contributed by atoms with Crippen LogP contribution in [-0.2, 0) is 6.54 Å². The van der Waals surface area contributed by atoms with E-state index in [4.69, 9.17) is 0 Å². The molecule has 0 spiro atoms. The van der Waals surface area contributed by atoms with Crippen LogP contribution in [0.2, 0.25) is 0 Å². The molecule has 0 aromatic carbocycles. The molecule has 0 aliphatic rings. The van der Waals surface area contributed by atoms with Gasteiger partial charge in [-0.25, -0.2) is 0 Å². The molecule has 0 fully saturated rings. The maximum atomic E-state index is 4.07. The Kier molecular flexibility index (Phi) is 8.43. The maximum absolute atomic E-state index is 4.07. The summed E-state index contributed by atoms with van der Waals surface area (Å²) in [4.78, 5) is 6.58. The molecule has 0 aliphatic heterocycles. The second kappa shape index (κ2) is 9.93. The Morgan fingerprint density at radius 3 is 2.53 bits per heavy atom. The Bertz CT molecular complexity index is 313. The molecule has 1 heterocycles. The van der Waals surface area contributed by atoms with Gasteiger partial charge in [-0.2, -0.15) is 0 Å². The van der Waals surface area contributed by atoms with E-state index < -0.39 is 0 Å². The lowest BCUT2D eigenvalue weighted by Gasteiger charge is -2.22. The smallest absolute Gasteiger partial charge is 0.0271 e. The SMILES string of the molecule is CCNC(CC)CCCN(CC)Cc1ccncc1. The third kappa shape index (κ3) is 6.69. The zero-order valence-corrected chi connectivity index (χ0v) is 12.7. The van der Waals surface area contributed by atoms with Crippen molar-refractivity contribution in [1.29, 1.82) is 0 Å². The number of aromatic nitrogens is 1. The monoisotopic (exact) mass is 263 g/mol. The molecule has 1 unspecified atom stereocenters. The predicted octanol–water partition coefficient (Wildman–Crippen LogP) is 3.07. The van der Waals surface area contributed by atoms with Crippen molar-refractivity contribution in [3.8, 4) is 0 Å². The van der Waals surface area contributed by atoms with Crippen molar-refractivity contribution in [3.63, 3.8) is 0 Å². The van der Waals surface area contributed by atoms with Crippen LogP contribution in [0.3, 0.4) is 0 Å². The lowest BCUT2D eigenvalue weighted by molar-refractivity contribution is 0.267. The molecule has 0 aliphatic carbocycles. The van der Waals surface area contributed by atoms with Gasteiger partial charge in [0, 0.05) is 25.0 Å². The highest BCUT2D eigenvalue weighted by Crippen LogP contribution is 2.07. The Hall–Kier alpha value is -0.930. The number of nitrogens with zero attached hydrogens (tertiary/aromatic N) is 2. The van der Waals surface area contributed by atoms with E-state index in [1.54, 1.807) is 0 Å². The van der Waals surface area contributed by atoms with Crippen LogP contribution in [-0.4, -0.2) is 35.6 Å². The van der Waals surface area contributed by atoms with Gasteiger partial charge in [0.2, 0.25) is 0 Å². The zero-order valence-electron chi connectivity index (χ0n) is 12.7. The fourth-order valence-electron chi connectivity index (χ4n) is 2.40. The number of hydrogen-bond acceptors (Lipinski definition) is 3. The van der Waals surface area contributed by atoms with Gasteiger partial charge in [0.05, 0.1) is 0 Å². The molecule has 1 rings (SSSR count). The van der Waals surface area contributed by atoms with Crippen molar-refractivity contribution in [2.45, 2.75) is 52.6 Å². The molecule has 1 N–H and O–H groups in total. The van der Waals surface area contributed by atoms with E-state index in [0.29, 0.717) is 6.04 Å². The maximum Gasteiger partial charge on any atom is 0.0271 e. The van der Waals surface area contributed by atoms with Gasteiger partial charge in [-0.05, 0) is 56.6 Å². The van der Waals surface area contributed by atoms with Gasteiger partial charge in [0.25, 0.3) is 0 Å². The number of hydrogen-bond donors (Lipinski definition) is 1. The van der Waals surface area contributed by atoms with Gasteiger partial charge in [0.15, 0.2) is 0 Å². The fourth-order valence-corrected chi connectivity index (χ4v) is 2.40. The lowest BCUT2D eigenvalue weighted by Crippen LogP contribution is -2.30. The molecule has 3 heteroatoms. The molecule has 3 nitrogen and oxygen atoms in total. The van der Waals surface area contributed by atoms with Crippen molar-refractivity contribution in [2.75, 3.05) is 19.6 Å². The summed E-state index contributed by atoms with van der Waals surface area (Å²) < 4.78 is 0. The largest absolute Gasteiger partial charge is 0.314 e. The van der Waals surface area contributed by atoms with E-state index in [1.807, 2.05) is 12.4 Å². The first kappa shape index (κ1) is 16.1. The van der Waals surface area contributed by atoms with Crippen LogP contribution in [0, 0.1) is 0 Å². The summed E-state index contributed by atoms with van der Waals surface area (Å²) in [6.07, 6.45) is 7.52. The van der Waals surface area contributed by atoms with Crippen LogP contribution < -0.4 is 5.32 Å². The summed E-state index contributed by atoms with van der Waals surface area (Å²) in [7, 11) is 0. The first-order chi connectivity index (χ1) is 9.30. The Morgan fingerprint density at radius 2 is 1.95 bits per heavy atom. The number of nitrogens with one attached hydrogen (secondary N) is 1. The average molecular weight is 263 g/mol. The first-order valence-electron chi connectivity index (χ1n) is 7.64. The molecule has 108 valence electrons. The third-order valence-corrected chi connectivity index (χ3v) is 3.62. The summed E-state index contributed by atoms with van der Waals surface area (Å²) >= 11 is 0. The molecule has 0 bridgehead atoms. The first-order valence-corrected chi connectivity index (χ1v) is 7.64. The van der Waals surface area contributed by atoms with E-state index >= 15 is 0 Å². The Balaban J connectivity index is 2.29. The highest BCUT2D eigenvalue weighted by atomic mass is 15.1. The molecule has 1 aromatic rings. The van der Waals surface area contributed by atoms with Crippen LogP contribution in [0.5, 0.6) is 0 Å². The third-order valence-electron chi connectivity index (χ3n) is 3.62. The highest BCUT2D eigenvalue weighted by molar-refractivity contribution is 5.09. The van der Waals surface area contributed by atoms with E-state index in [2.05, 4.69) is 48.1 Å². The molecule has 0 saturated heterocycles. The van der Waals surface area contributed by atoms with Crippen LogP contribution in [0.25, 0.3) is 0 Å². The predicted molar refractivity (Wildman–Crippen MR) is 82.2 cm³/mol. The Labute approximate surface area is 118 Å². The van der Waals surface area contributed by atoms with Gasteiger partial charge in [-0.15, -0.1) is 0 Å². The standard InChI is InChI=1S/C16H29N3/c1-4-16(18-5-2)8-7-13-19(6-3)14-15-9-11-17-12-10-15/h9-12,16,18H,4-8,13-14H2,1-3H3. The lowest BCUT2D eigenvalue weighted by atomic mass is 10.1. The van der Waals surface area contributed by atoms with Crippen LogP contribution in [0.1, 0.15) is 45.6 Å². The van der Waals surface area contributed by atoms with Gasteiger partial charge in [0.1, 0.15) is 0 Å². The van der Waals surface area contributed by atoms with Crippen molar-refractivity contribution in [1.82, 2.24) is 15.2 Å². The minimum absolute atomic E-state index is 0.685. The van der Waals surface area contributed by atoms with Gasteiger partial charge in [-0.3, -0.25) is 9.88 Å². The number of pyridine rings is 1. The molecule has 0 radical (unpaired) electrons. The van der Waals surface area contributed by atoms with Crippen molar-refractivity contribution >= 4 is 0 Å². The minimum atomic E-state index is 0.685. The summed E-state index contributed by atoms with van der Waals surface area (Å²) in [5, 5.41) is 3.55. The van der Waals surface area contributed by atoms with E-state index in [0.717, 1.165) is 19.6 Å². The second-order valence-corrected chi connectivity index (χ2v) is 5.03. The summed E-state index contributed by atoms with van der Waals surface area (Å²) in [5.74, 6) is 0. The van der Waals surface area contributed by atoms with E-state index in [-0.39, 0.29) is 0 Å². The normalized spacial score (nSPS) is 12.8. The van der Waals surface area contributed by atoms with E-state index in [9.17, 15) is 0 Å². The van der Waals surface area contributed by atoms with Crippen LogP contribution >= 0.6 is 0 Å². The van der Waals surface area contributed by atoms with Gasteiger partial charge < -0.3 is 5.32 Å². The van der Waals surface area contributed by atoms with Crippen LogP contribution in [0.4, 0.5) is 0 Å². The van der Waals surface area contributed by atoms with E-state index in [1.165, 1.54) is 31.4 Å². The highest BCUT2D eigenvalue weighted by Gasteiger charge is 2.07. The second-order valence-electron chi connectivity index (χ2n) is 5.03. The Morgan fingerprint density at radius 1 is 1.21 bits per heavy atom. The minimum Gasteiger partial charge on any atom is -0.314 e. The zero-order chi connectivity index (χ0) is 13.9. The molecular weight excluding hydrogens is 234 g/mol. The van der Waals surface area contributed by atoms with Crippen molar-refractivity contribution in [2.24, 2.45) is 0 Å². The molecule has 0 amide bonds. The quantitative estimate of drug-likeness (QED) is 0.703. The van der Waals surface area contributed by atoms with Gasteiger partial charge in [-0.1, -0.05) is 20.8 Å². The summed E-state index contributed by atoms with van der Waals surface area (Å²) in [6.45, 7) is 11.1. The fraction of sp³-hybridized carbons (Fsp3) is 0.688. The molecule has 19 heavy (non-hydrogen) atoms. The number of rotatable bonds is 10. The topological polar surface area (TPSA) is 28.2 Å². The van der Waals surface area contributed by atoms with Crippen molar-refractivity contribution < 1.29 is 0 Å². The van der Waals surface area contributed by atoms with Crippen molar-refractivity contribution in [3.05, 3.63) is 30.1 Å². The molecule has 0 saturated carbocycles. The molecular formula is C16H29N3. The average Bonchev–Trinajstić information content (AvgIpc) is 2.46. The summed E-state index contributed by atoms with van der Waals surface area (Å²) in [5.41, 5.74) is 1.36. The summed E-state index contributed by atoms with van der Waals surface area (Å²) in [6, 6.07) is 4.90. The molecule has 1 aromatic heterocycles.